The first-order valence-electron chi connectivity index (χ1n) is 9.95. The minimum absolute atomic E-state index is 0.0501. The number of nitrogens with one attached hydrogen (secondary N) is 1. The molecular formula is C23H26ClNO3. The molecule has 2 aromatic rings. The smallest absolute Gasteiger partial charge is 0.226 e. The summed E-state index contributed by atoms with van der Waals surface area (Å²) in [4.78, 5) is 12.9. The van der Waals surface area contributed by atoms with Gasteiger partial charge in [0.25, 0.3) is 0 Å². The van der Waals surface area contributed by atoms with E-state index in [-0.39, 0.29) is 46.6 Å². The molecule has 5 atom stereocenters. The molecule has 0 radical (unpaired) electrons. The molecular weight excluding hydrogens is 374 g/mol. The summed E-state index contributed by atoms with van der Waals surface area (Å²) < 4.78 is 0. The van der Waals surface area contributed by atoms with Crippen molar-refractivity contribution >= 4 is 17.5 Å². The van der Waals surface area contributed by atoms with Crippen molar-refractivity contribution in [1.29, 1.82) is 0 Å². The quantitative estimate of drug-likeness (QED) is 0.684. The summed E-state index contributed by atoms with van der Waals surface area (Å²) in [6.45, 7) is 4.18. The number of phenols is 2. The van der Waals surface area contributed by atoms with Crippen molar-refractivity contribution in [1.82, 2.24) is 5.32 Å². The molecule has 148 valence electrons. The number of rotatable bonds is 3. The number of fused-ring (bicyclic) bond motifs is 1. The van der Waals surface area contributed by atoms with Crippen LogP contribution in [0.1, 0.15) is 56.1 Å². The molecule has 2 fully saturated rings. The Bertz CT molecular complexity index is 897. The van der Waals surface area contributed by atoms with E-state index in [0.717, 1.165) is 30.4 Å². The molecule has 4 nitrogen and oxygen atoms in total. The van der Waals surface area contributed by atoms with Crippen LogP contribution in [-0.4, -0.2) is 22.2 Å². The van der Waals surface area contributed by atoms with Crippen molar-refractivity contribution in [3.8, 4) is 11.5 Å². The van der Waals surface area contributed by atoms with Crippen molar-refractivity contribution in [2.45, 2.75) is 51.0 Å². The maximum absolute atomic E-state index is 12.9. The number of carbonyl (C=O) groups is 1. The number of hydrogen-bond acceptors (Lipinski definition) is 3. The van der Waals surface area contributed by atoms with Crippen molar-refractivity contribution in [3.05, 3.63) is 58.6 Å². The maximum atomic E-state index is 12.9. The lowest BCUT2D eigenvalue weighted by atomic mass is 9.54. The molecule has 1 saturated carbocycles. The second-order valence-corrected chi connectivity index (χ2v) is 8.70. The third-order valence-corrected chi connectivity index (χ3v) is 7.26. The zero-order chi connectivity index (χ0) is 20.1. The Morgan fingerprint density at radius 2 is 1.89 bits per heavy atom. The molecule has 0 aromatic heterocycles. The number of phenolic OH excluding ortho intramolecular Hbond substituents is 2. The van der Waals surface area contributed by atoms with Crippen LogP contribution in [0.25, 0.3) is 0 Å². The summed E-state index contributed by atoms with van der Waals surface area (Å²) in [6.07, 6.45) is 2.39. The van der Waals surface area contributed by atoms with Crippen LogP contribution in [0.15, 0.2) is 42.5 Å². The van der Waals surface area contributed by atoms with E-state index >= 15 is 0 Å². The predicted molar refractivity (Wildman–Crippen MR) is 110 cm³/mol. The fraction of sp³-hybridized carbons (Fsp3) is 0.435. The summed E-state index contributed by atoms with van der Waals surface area (Å²) >= 11 is 6.13. The van der Waals surface area contributed by atoms with Gasteiger partial charge in [0.05, 0.1) is 5.41 Å². The zero-order valence-electron chi connectivity index (χ0n) is 16.2. The number of hydrogen-bond donors (Lipinski definition) is 3. The van der Waals surface area contributed by atoms with Crippen LogP contribution < -0.4 is 5.32 Å². The fourth-order valence-electron chi connectivity index (χ4n) is 5.74. The number of benzene rings is 2. The normalized spacial score (nSPS) is 32.0. The molecule has 3 N–H and O–H groups in total. The van der Waals surface area contributed by atoms with E-state index in [1.165, 1.54) is 6.07 Å². The molecule has 1 aliphatic carbocycles. The van der Waals surface area contributed by atoms with Gasteiger partial charge in [-0.3, -0.25) is 4.79 Å². The Labute approximate surface area is 170 Å². The fourth-order valence-corrected chi connectivity index (χ4v) is 5.87. The van der Waals surface area contributed by atoms with Gasteiger partial charge < -0.3 is 15.5 Å². The first-order chi connectivity index (χ1) is 13.4. The topological polar surface area (TPSA) is 69.6 Å². The van der Waals surface area contributed by atoms with E-state index < -0.39 is 0 Å². The summed E-state index contributed by atoms with van der Waals surface area (Å²) in [5, 5.41) is 24.2. The van der Waals surface area contributed by atoms with E-state index in [4.69, 9.17) is 11.6 Å². The second kappa shape index (κ2) is 7.00. The van der Waals surface area contributed by atoms with Crippen molar-refractivity contribution in [2.75, 3.05) is 0 Å². The molecule has 0 bridgehead atoms. The van der Waals surface area contributed by atoms with Gasteiger partial charge in [-0.05, 0) is 67.3 Å². The number of carbonyl (C=O) groups excluding carboxylic acids is 1. The molecule has 2 aliphatic rings. The van der Waals surface area contributed by atoms with Gasteiger partial charge in [0.1, 0.15) is 11.5 Å². The van der Waals surface area contributed by atoms with Gasteiger partial charge in [0.2, 0.25) is 5.91 Å². The monoisotopic (exact) mass is 399 g/mol. The first-order valence-corrected chi connectivity index (χ1v) is 10.3. The molecule has 1 heterocycles. The standard InChI is InChI=1S/C23H26ClNO3/c1-3-23-11-10-18(17-9-8-16(26)12-19(17)27)20(14-4-6-15(24)7-5-14)21(23)13(2)25-22(23)28/h4-9,12-13,18,20-21,26-27H,3,10-11H2,1-2H3,(H,25,28)/t13-,18+,20+,21+,23-/m1/s1. The number of aromatic hydroxyl groups is 2. The van der Waals surface area contributed by atoms with E-state index in [0.29, 0.717) is 5.02 Å². The minimum atomic E-state index is -0.382. The highest BCUT2D eigenvalue weighted by atomic mass is 35.5. The molecule has 5 heteroatoms. The Hall–Kier alpha value is -2.20. The van der Waals surface area contributed by atoms with Crippen LogP contribution in [0.5, 0.6) is 11.5 Å². The van der Waals surface area contributed by atoms with Crippen LogP contribution in [0.2, 0.25) is 5.02 Å². The molecule has 1 aliphatic heterocycles. The van der Waals surface area contributed by atoms with Gasteiger partial charge in [0.15, 0.2) is 0 Å². The summed E-state index contributed by atoms with van der Waals surface area (Å²) in [5.74, 6) is 0.557. The van der Waals surface area contributed by atoms with E-state index in [1.54, 1.807) is 6.07 Å². The third-order valence-electron chi connectivity index (χ3n) is 7.01. The molecule has 0 spiro atoms. The highest BCUT2D eigenvalue weighted by Crippen LogP contribution is 2.60. The molecule has 2 aromatic carbocycles. The van der Waals surface area contributed by atoms with Gasteiger partial charge in [-0.25, -0.2) is 0 Å². The molecule has 4 rings (SSSR count). The zero-order valence-corrected chi connectivity index (χ0v) is 16.9. The molecule has 28 heavy (non-hydrogen) atoms. The number of halogens is 1. The highest BCUT2D eigenvalue weighted by Gasteiger charge is 2.59. The minimum Gasteiger partial charge on any atom is -0.508 e. The third kappa shape index (κ3) is 2.86. The first kappa shape index (κ1) is 19.1. The van der Waals surface area contributed by atoms with Crippen LogP contribution in [0, 0.1) is 11.3 Å². The van der Waals surface area contributed by atoms with Crippen molar-refractivity contribution in [3.63, 3.8) is 0 Å². The Balaban J connectivity index is 1.87. The lowest BCUT2D eigenvalue weighted by molar-refractivity contribution is -0.131. The second-order valence-electron chi connectivity index (χ2n) is 8.26. The number of amides is 1. The van der Waals surface area contributed by atoms with E-state index in [9.17, 15) is 15.0 Å². The predicted octanol–water partition coefficient (Wildman–Crippen LogP) is 4.94. The van der Waals surface area contributed by atoms with Gasteiger partial charge >= 0.3 is 0 Å². The average Bonchev–Trinajstić information content (AvgIpc) is 2.93. The van der Waals surface area contributed by atoms with Crippen molar-refractivity contribution < 1.29 is 15.0 Å². The summed E-state index contributed by atoms with van der Waals surface area (Å²) in [7, 11) is 0. The lowest BCUT2D eigenvalue weighted by Crippen LogP contribution is -2.43. The van der Waals surface area contributed by atoms with Crippen LogP contribution >= 0.6 is 11.6 Å². The SMILES string of the molecule is CC[C@@]12CC[C@@H](c3ccc(O)cc3O)[C@H](c3ccc(Cl)cc3)[C@@H]1[C@@H](C)NC2=O. The Morgan fingerprint density at radius 1 is 1.18 bits per heavy atom. The van der Waals surface area contributed by atoms with E-state index in [2.05, 4.69) is 19.2 Å². The van der Waals surface area contributed by atoms with Gasteiger partial charge in [0, 0.05) is 23.0 Å². The molecule has 0 unspecified atom stereocenters. The van der Waals surface area contributed by atoms with Gasteiger partial charge in [-0.15, -0.1) is 0 Å². The summed E-state index contributed by atoms with van der Waals surface area (Å²) in [5.41, 5.74) is 1.58. The van der Waals surface area contributed by atoms with Crippen molar-refractivity contribution in [2.24, 2.45) is 11.3 Å². The lowest BCUT2D eigenvalue weighted by Gasteiger charge is -2.47. The maximum Gasteiger partial charge on any atom is 0.226 e. The Morgan fingerprint density at radius 3 is 2.54 bits per heavy atom. The van der Waals surface area contributed by atoms with Gasteiger partial charge in [-0.1, -0.05) is 36.7 Å². The summed E-state index contributed by atoms with van der Waals surface area (Å²) in [6, 6.07) is 12.7. The molecule has 1 saturated heterocycles. The molecule has 1 amide bonds. The van der Waals surface area contributed by atoms with Crippen LogP contribution in [-0.2, 0) is 4.79 Å². The van der Waals surface area contributed by atoms with Gasteiger partial charge in [-0.2, -0.15) is 0 Å². The largest absolute Gasteiger partial charge is 0.508 e. The average molecular weight is 400 g/mol. The van der Waals surface area contributed by atoms with E-state index in [1.807, 2.05) is 30.3 Å². The Kier molecular flexibility index (Phi) is 4.78. The highest BCUT2D eigenvalue weighted by molar-refractivity contribution is 6.30. The van der Waals surface area contributed by atoms with Crippen LogP contribution in [0.4, 0.5) is 0 Å². The van der Waals surface area contributed by atoms with Crippen LogP contribution in [0.3, 0.4) is 0 Å².